The zero-order valence-electron chi connectivity index (χ0n) is 16.9. The summed E-state index contributed by atoms with van der Waals surface area (Å²) in [5, 5.41) is 3.26. The summed E-state index contributed by atoms with van der Waals surface area (Å²) in [6, 6.07) is 7.47. The van der Waals surface area contributed by atoms with Crippen molar-refractivity contribution >= 4 is 43.9 Å². The molecule has 0 aliphatic carbocycles. The molecule has 2 amide bonds. The van der Waals surface area contributed by atoms with Crippen LogP contribution in [0.25, 0.3) is 0 Å². The molecule has 158 valence electrons. The van der Waals surface area contributed by atoms with Gasteiger partial charge in [-0.05, 0) is 57.5 Å². The molecule has 0 saturated carbocycles. The highest BCUT2D eigenvalue weighted by molar-refractivity contribution is 7.91. The third-order valence-electron chi connectivity index (χ3n) is 4.77. The van der Waals surface area contributed by atoms with E-state index in [2.05, 4.69) is 19.9 Å². The van der Waals surface area contributed by atoms with E-state index < -0.39 is 10.0 Å². The maximum Gasteiger partial charge on any atom is 0.328 e. The monoisotopic (exact) mass is 437 g/mol. The molecule has 1 fully saturated rings. The fourth-order valence-corrected chi connectivity index (χ4v) is 5.61. The van der Waals surface area contributed by atoms with Crippen molar-refractivity contribution in [3.05, 3.63) is 30.0 Å². The van der Waals surface area contributed by atoms with Crippen molar-refractivity contribution in [2.75, 3.05) is 41.8 Å². The molecule has 1 aromatic heterocycles. The third kappa shape index (κ3) is 4.88. The van der Waals surface area contributed by atoms with Crippen LogP contribution in [-0.4, -0.2) is 46.1 Å². The summed E-state index contributed by atoms with van der Waals surface area (Å²) in [6.45, 7) is 6.15. The molecule has 2 heterocycles. The molecule has 0 atom stereocenters. The van der Waals surface area contributed by atoms with Crippen molar-refractivity contribution < 1.29 is 13.2 Å². The van der Waals surface area contributed by atoms with E-state index in [1.165, 1.54) is 24.8 Å². The Balaban J connectivity index is 1.77. The normalized spacial score (nSPS) is 14.2. The molecule has 2 aromatic rings. The number of aryl methyl sites for hydroxylation is 1. The van der Waals surface area contributed by atoms with Gasteiger partial charge in [0.05, 0.1) is 5.69 Å². The first-order chi connectivity index (χ1) is 13.9. The van der Waals surface area contributed by atoms with Crippen LogP contribution in [0.15, 0.2) is 28.5 Å². The van der Waals surface area contributed by atoms with Crippen molar-refractivity contribution in [2.45, 2.75) is 37.3 Å². The van der Waals surface area contributed by atoms with Crippen LogP contribution in [0.4, 0.5) is 21.3 Å². The first-order valence-electron chi connectivity index (χ1n) is 9.70. The number of amides is 2. The number of nitrogens with zero attached hydrogens (tertiary/aromatic N) is 3. The van der Waals surface area contributed by atoms with Gasteiger partial charge in [-0.3, -0.25) is 4.90 Å². The Kier molecular flexibility index (Phi) is 6.76. The first kappa shape index (κ1) is 21.5. The van der Waals surface area contributed by atoms with Gasteiger partial charge >= 0.3 is 6.03 Å². The minimum Gasteiger partial charge on any atom is -0.372 e. The summed E-state index contributed by atoms with van der Waals surface area (Å²) >= 11 is 0.994. The smallest absolute Gasteiger partial charge is 0.328 e. The van der Waals surface area contributed by atoms with Crippen molar-refractivity contribution in [2.24, 2.45) is 0 Å². The Morgan fingerprint density at radius 1 is 1.24 bits per heavy atom. The zero-order valence-corrected chi connectivity index (χ0v) is 18.6. The van der Waals surface area contributed by atoms with Crippen molar-refractivity contribution in [1.82, 2.24) is 9.71 Å². The van der Waals surface area contributed by atoms with Crippen LogP contribution < -0.4 is 19.8 Å². The number of thiazole rings is 1. The largest absolute Gasteiger partial charge is 0.372 e. The lowest BCUT2D eigenvalue weighted by atomic mass is 10.2. The lowest BCUT2D eigenvalue weighted by Gasteiger charge is -2.21. The van der Waals surface area contributed by atoms with Gasteiger partial charge in [-0.15, -0.1) is 0 Å². The Morgan fingerprint density at radius 3 is 2.48 bits per heavy atom. The van der Waals surface area contributed by atoms with Crippen LogP contribution in [0, 0.1) is 6.92 Å². The van der Waals surface area contributed by atoms with Gasteiger partial charge in [0.2, 0.25) is 0 Å². The van der Waals surface area contributed by atoms with Crippen LogP contribution in [0.2, 0.25) is 0 Å². The predicted octanol–water partition coefficient (Wildman–Crippen LogP) is 3.41. The fourth-order valence-electron chi connectivity index (χ4n) is 3.26. The van der Waals surface area contributed by atoms with Gasteiger partial charge in [-0.25, -0.2) is 22.9 Å². The number of hydrogen-bond donors (Lipinski definition) is 2. The number of benzene rings is 1. The molecule has 0 radical (unpaired) electrons. The molecule has 29 heavy (non-hydrogen) atoms. The second-order valence-corrected chi connectivity index (χ2v) is 9.96. The minimum absolute atomic E-state index is 0.124. The number of nitrogens with one attached hydrogen (secondary N) is 2. The number of anilines is 3. The molecule has 10 heteroatoms. The van der Waals surface area contributed by atoms with Crippen molar-refractivity contribution in [3.63, 3.8) is 0 Å². The van der Waals surface area contributed by atoms with Gasteiger partial charge in [0.25, 0.3) is 10.0 Å². The highest BCUT2D eigenvalue weighted by Gasteiger charge is 2.25. The minimum atomic E-state index is -3.61. The first-order valence-corrected chi connectivity index (χ1v) is 12.0. The molecule has 1 aliphatic rings. The van der Waals surface area contributed by atoms with E-state index in [4.69, 9.17) is 0 Å². The molecule has 1 aromatic carbocycles. The van der Waals surface area contributed by atoms with Gasteiger partial charge in [-0.1, -0.05) is 18.3 Å². The second kappa shape index (κ2) is 9.10. The van der Waals surface area contributed by atoms with E-state index in [9.17, 15) is 13.2 Å². The van der Waals surface area contributed by atoms with E-state index in [0.29, 0.717) is 29.5 Å². The number of carbonyl (C=O) groups is 1. The van der Waals surface area contributed by atoms with Gasteiger partial charge in [0.1, 0.15) is 0 Å². The Hall–Kier alpha value is -2.17. The van der Waals surface area contributed by atoms with Crippen LogP contribution >= 0.6 is 11.3 Å². The molecule has 8 nitrogen and oxygen atoms in total. The molecule has 0 spiro atoms. The lowest BCUT2D eigenvalue weighted by Crippen LogP contribution is -2.35. The molecule has 3 rings (SSSR count). The lowest BCUT2D eigenvalue weighted by molar-refractivity contribution is 0.257. The van der Waals surface area contributed by atoms with Gasteiger partial charge < -0.3 is 10.2 Å². The average Bonchev–Trinajstić information content (AvgIpc) is 3.37. The van der Waals surface area contributed by atoms with E-state index in [0.717, 1.165) is 30.1 Å². The standard InChI is InChI=1S/C19H27N5O3S2/c1-4-11-24(19-21-14(2)17(28-19)29(26,27)20-3)18(25)22-15-7-9-16(10-8-15)23-12-5-6-13-23/h7-10,20H,4-6,11-13H2,1-3H3,(H,22,25). The van der Waals surface area contributed by atoms with Gasteiger partial charge in [0.15, 0.2) is 9.34 Å². The number of urea groups is 1. The topological polar surface area (TPSA) is 94.6 Å². The van der Waals surface area contributed by atoms with Crippen LogP contribution in [0.1, 0.15) is 31.9 Å². The van der Waals surface area contributed by atoms with Crippen LogP contribution in [0.5, 0.6) is 0 Å². The predicted molar refractivity (Wildman–Crippen MR) is 118 cm³/mol. The Labute approximate surface area is 176 Å². The molecule has 1 aliphatic heterocycles. The van der Waals surface area contributed by atoms with E-state index in [-0.39, 0.29) is 10.2 Å². The zero-order chi connectivity index (χ0) is 21.0. The number of hydrogen-bond acceptors (Lipinski definition) is 6. The molecule has 0 unspecified atom stereocenters. The maximum absolute atomic E-state index is 12.9. The van der Waals surface area contributed by atoms with E-state index >= 15 is 0 Å². The summed E-state index contributed by atoms with van der Waals surface area (Å²) in [5.74, 6) is 0. The molecular formula is C19H27N5O3S2. The van der Waals surface area contributed by atoms with Gasteiger partial charge in [-0.2, -0.15) is 0 Å². The van der Waals surface area contributed by atoms with Gasteiger partial charge in [0, 0.05) is 31.0 Å². The summed E-state index contributed by atoms with van der Waals surface area (Å²) < 4.78 is 26.7. The third-order valence-corrected chi connectivity index (χ3v) is 7.97. The highest BCUT2D eigenvalue weighted by Crippen LogP contribution is 2.30. The highest BCUT2D eigenvalue weighted by atomic mass is 32.2. The molecule has 0 bridgehead atoms. The Morgan fingerprint density at radius 2 is 1.90 bits per heavy atom. The summed E-state index contributed by atoms with van der Waals surface area (Å²) in [4.78, 5) is 21.0. The number of carbonyl (C=O) groups excluding carboxylic acids is 1. The van der Waals surface area contributed by atoms with Crippen molar-refractivity contribution in [3.8, 4) is 0 Å². The SMILES string of the molecule is CCCN(C(=O)Nc1ccc(N2CCCC2)cc1)c1nc(C)c(S(=O)(=O)NC)s1. The average molecular weight is 438 g/mol. The number of rotatable bonds is 7. The Bertz CT molecular complexity index is 951. The van der Waals surface area contributed by atoms with Crippen LogP contribution in [-0.2, 0) is 10.0 Å². The summed E-state index contributed by atoms with van der Waals surface area (Å²) in [6.07, 6.45) is 3.14. The summed E-state index contributed by atoms with van der Waals surface area (Å²) in [5.41, 5.74) is 2.22. The van der Waals surface area contributed by atoms with E-state index in [1.54, 1.807) is 6.92 Å². The van der Waals surface area contributed by atoms with Crippen LogP contribution in [0.3, 0.4) is 0 Å². The molecule has 2 N–H and O–H groups in total. The molecule has 1 saturated heterocycles. The quantitative estimate of drug-likeness (QED) is 0.692. The maximum atomic E-state index is 12.9. The summed E-state index contributed by atoms with van der Waals surface area (Å²) in [7, 11) is -2.25. The van der Waals surface area contributed by atoms with Crippen molar-refractivity contribution in [1.29, 1.82) is 0 Å². The number of sulfonamides is 1. The molecular weight excluding hydrogens is 410 g/mol. The van der Waals surface area contributed by atoms with E-state index in [1.807, 2.05) is 31.2 Å². The fraction of sp³-hybridized carbons (Fsp3) is 0.474. The number of aromatic nitrogens is 1. The second-order valence-electron chi connectivity index (χ2n) is 6.90.